The quantitative estimate of drug-likeness (QED) is 0.905. The molecule has 1 aromatic carbocycles. The molecule has 2 aliphatic rings. The first-order chi connectivity index (χ1) is 9.13. The number of carbonyl (C=O) groups is 1. The van der Waals surface area contributed by atoms with Crippen LogP contribution < -0.4 is 0 Å². The molecule has 102 valence electrons. The molecule has 1 aromatic rings. The molecule has 2 saturated heterocycles. The van der Waals surface area contributed by atoms with Crippen LogP contribution in [0.2, 0.25) is 5.02 Å². The number of rotatable bonds is 2. The SMILES string of the molecule is O=C(O)N1CC2CN(Cc3ccccc3Cl)CC2C1. The number of carboxylic acid groups (broad SMARTS) is 1. The summed E-state index contributed by atoms with van der Waals surface area (Å²) in [6, 6.07) is 7.92. The van der Waals surface area contributed by atoms with Crippen molar-refractivity contribution in [1.29, 1.82) is 0 Å². The van der Waals surface area contributed by atoms with E-state index in [0.717, 1.165) is 30.2 Å². The Labute approximate surface area is 117 Å². The molecule has 2 atom stereocenters. The molecule has 0 radical (unpaired) electrons. The van der Waals surface area contributed by atoms with Crippen molar-refractivity contribution < 1.29 is 9.90 Å². The van der Waals surface area contributed by atoms with Gasteiger partial charge in [-0.3, -0.25) is 4.90 Å². The summed E-state index contributed by atoms with van der Waals surface area (Å²) in [5, 5.41) is 9.81. The highest BCUT2D eigenvalue weighted by Crippen LogP contribution is 2.32. The third kappa shape index (κ3) is 2.55. The second-order valence-corrected chi connectivity index (χ2v) is 5.90. The van der Waals surface area contributed by atoms with E-state index >= 15 is 0 Å². The van der Waals surface area contributed by atoms with E-state index < -0.39 is 6.09 Å². The molecular weight excluding hydrogens is 264 g/mol. The van der Waals surface area contributed by atoms with Crippen molar-refractivity contribution in [2.75, 3.05) is 26.2 Å². The summed E-state index contributed by atoms with van der Waals surface area (Å²) in [4.78, 5) is 14.9. The van der Waals surface area contributed by atoms with Crippen molar-refractivity contribution in [3.8, 4) is 0 Å². The van der Waals surface area contributed by atoms with Gasteiger partial charge in [0.05, 0.1) is 0 Å². The molecule has 2 unspecified atom stereocenters. The summed E-state index contributed by atoms with van der Waals surface area (Å²) in [5.74, 6) is 0.970. The number of likely N-dealkylation sites (tertiary alicyclic amines) is 2. The van der Waals surface area contributed by atoms with E-state index in [9.17, 15) is 4.79 Å². The number of halogens is 1. The number of benzene rings is 1. The Morgan fingerprint density at radius 1 is 1.21 bits per heavy atom. The van der Waals surface area contributed by atoms with E-state index in [2.05, 4.69) is 11.0 Å². The number of amides is 1. The third-order valence-electron chi connectivity index (χ3n) is 4.18. The summed E-state index contributed by atoms with van der Waals surface area (Å²) in [6.45, 7) is 4.16. The third-order valence-corrected chi connectivity index (χ3v) is 4.55. The molecule has 0 aromatic heterocycles. The molecule has 3 rings (SSSR count). The summed E-state index contributed by atoms with van der Waals surface area (Å²) < 4.78 is 0. The first-order valence-electron chi connectivity index (χ1n) is 6.57. The predicted molar refractivity (Wildman–Crippen MR) is 73.3 cm³/mol. The van der Waals surface area contributed by atoms with Gasteiger partial charge in [0.2, 0.25) is 0 Å². The molecule has 4 nitrogen and oxygen atoms in total. The van der Waals surface area contributed by atoms with Crippen LogP contribution in [-0.2, 0) is 6.54 Å². The first-order valence-corrected chi connectivity index (χ1v) is 6.95. The molecule has 1 N–H and O–H groups in total. The zero-order valence-electron chi connectivity index (χ0n) is 10.6. The molecule has 0 aliphatic carbocycles. The van der Waals surface area contributed by atoms with Gasteiger partial charge in [-0.05, 0) is 23.5 Å². The van der Waals surface area contributed by atoms with Gasteiger partial charge < -0.3 is 10.0 Å². The lowest BCUT2D eigenvalue weighted by Gasteiger charge is -2.20. The fourth-order valence-corrected chi connectivity index (χ4v) is 3.44. The maximum absolute atomic E-state index is 10.9. The Bertz CT molecular complexity index is 480. The lowest BCUT2D eigenvalue weighted by molar-refractivity contribution is 0.148. The van der Waals surface area contributed by atoms with Crippen LogP contribution in [0.25, 0.3) is 0 Å². The average Bonchev–Trinajstić information content (AvgIpc) is 2.90. The number of hydrogen-bond acceptors (Lipinski definition) is 2. The van der Waals surface area contributed by atoms with Gasteiger partial charge in [-0.25, -0.2) is 4.79 Å². The Morgan fingerprint density at radius 3 is 2.42 bits per heavy atom. The van der Waals surface area contributed by atoms with Crippen molar-refractivity contribution >= 4 is 17.7 Å². The first kappa shape index (κ1) is 12.8. The van der Waals surface area contributed by atoms with Gasteiger partial charge in [-0.1, -0.05) is 29.8 Å². The Kier molecular flexibility index (Phi) is 3.37. The van der Waals surface area contributed by atoms with Gasteiger partial charge in [-0.15, -0.1) is 0 Å². The highest BCUT2D eigenvalue weighted by Gasteiger charge is 2.41. The molecule has 0 saturated carbocycles. The smallest absolute Gasteiger partial charge is 0.407 e. The predicted octanol–water partition coefficient (Wildman–Crippen LogP) is 2.38. The molecule has 5 heteroatoms. The van der Waals surface area contributed by atoms with Crippen LogP contribution in [0.1, 0.15) is 5.56 Å². The van der Waals surface area contributed by atoms with Crippen LogP contribution >= 0.6 is 11.6 Å². The van der Waals surface area contributed by atoms with E-state index in [1.165, 1.54) is 0 Å². The van der Waals surface area contributed by atoms with Crippen LogP contribution in [0.15, 0.2) is 24.3 Å². The Morgan fingerprint density at radius 2 is 1.84 bits per heavy atom. The summed E-state index contributed by atoms with van der Waals surface area (Å²) in [7, 11) is 0. The van der Waals surface area contributed by atoms with Crippen LogP contribution in [0, 0.1) is 11.8 Å². The monoisotopic (exact) mass is 280 g/mol. The van der Waals surface area contributed by atoms with E-state index in [-0.39, 0.29) is 0 Å². The largest absolute Gasteiger partial charge is 0.465 e. The van der Waals surface area contributed by atoms with Crippen molar-refractivity contribution in [2.24, 2.45) is 11.8 Å². The fourth-order valence-electron chi connectivity index (χ4n) is 3.24. The van der Waals surface area contributed by atoms with Crippen LogP contribution in [0.3, 0.4) is 0 Å². The van der Waals surface area contributed by atoms with Crippen molar-refractivity contribution in [3.63, 3.8) is 0 Å². The zero-order valence-corrected chi connectivity index (χ0v) is 11.4. The minimum Gasteiger partial charge on any atom is -0.465 e. The molecule has 0 bridgehead atoms. The maximum Gasteiger partial charge on any atom is 0.407 e. The van der Waals surface area contributed by atoms with Crippen molar-refractivity contribution in [3.05, 3.63) is 34.9 Å². The molecule has 0 spiro atoms. The highest BCUT2D eigenvalue weighted by molar-refractivity contribution is 6.31. The van der Waals surface area contributed by atoms with Gasteiger partial charge in [0.1, 0.15) is 0 Å². The second kappa shape index (κ2) is 5.02. The Balaban J connectivity index is 1.60. The maximum atomic E-state index is 10.9. The average molecular weight is 281 g/mol. The highest BCUT2D eigenvalue weighted by atomic mass is 35.5. The molecular formula is C14H17ClN2O2. The standard InChI is InChI=1S/C14H17ClN2O2/c15-13-4-2-1-3-10(13)5-16-6-11-8-17(14(18)19)9-12(11)7-16/h1-4,11-12H,5-9H2,(H,18,19). The molecule has 1 amide bonds. The van der Waals surface area contributed by atoms with Gasteiger partial charge in [-0.2, -0.15) is 0 Å². The summed E-state index contributed by atoms with van der Waals surface area (Å²) in [6.07, 6.45) is -0.785. The zero-order chi connectivity index (χ0) is 13.4. The topological polar surface area (TPSA) is 43.8 Å². The van der Waals surface area contributed by atoms with E-state index in [0.29, 0.717) is 24.9 Å². The molecule has 2 aliphatic heterocycles. The Hall–Kier alpha value is -1.26. The molecule has 2 fully saturated rings. The number of nitrogens with zero attached hydrogens (tertiary/aromatic N) is 2. The van der Waals surface area contributed by atoms with Crippen LogP contribution in [-0.4, -0.2) is 47.2 Å². The lowest BCUT2D eigenvalue weighted by atomic mass is 10.0. The van der Waals surface area contributed by atoms with Crippen molar-refractivity contribution in [1.82, 2.24) is 9.80 Å². The van der Waals surface area contributed by atoms with Gasteiger partial charge in [0.25, 0.3) is 0 Å². The molecule has 19 heavy (non-hydrogen) atoms. The lowest BCUT2D eigenvalue weighted by Crippen LogP contribution is -2.32. The normalized spacial score (nSPS) is 26.7. The van der Waals surface area contributed by atoms with Crippen LogP contribution in [0.4, 0.5) is 4.79 Å². The summed E-state index contributed by atoms with van der Waals surface area (Å²) >= 11 is 6.18. The van der Waals surface area contributed by atoms with Crippen molar-refractivity contribution in [2.45, 2.75) is 6.54 Å². The number of hydrogen-bond donors (Lipinski definition) is 1. The fraction of sp³-hybridized carbons (Fsp3) is 0.500. The summed E-state index contributed by atoms with van der Waals surface area (Å²) in [5.41, 5.74) is 1.15. The minimum absolute atomic E-state index is 0.485. The second-order valence-electron chi connectivity index (χ2n) is 5.49. The molecule has 2 heterocycles. The van der Waals surface area contributed by atoms with E-state index in [1.807, 2.05) is 18.2 Å². The van der Waals surface area contributed by atoms with Gasteiger partial charge in [0.15, 0.2) is 0 Å². The van der Waals surface area contributed by atoms with Gasteiger partial charge in [0, 0.05) is 37.7 Å². The number of fused-ring (bicyclic) bond motifs is 1. The van der Waals surface area contributed by atoms with E-state index in [4.69, 9.17) is 16.7 Å². The van der Waals surface area contributed by atoms with E-state index in [1.54, 1.807) is 4.90 Å². The van der Waals surface area contributed by atoms with Crippen LogP contribution in [0.5, 0.6) is 0 Å². The minimum atomic E-state index is -0.785. The van der Waals surface area contributed by atoms with Gasteiger partial charge >= 0.3 is 6.09 Å².